The highest BCUT2D eigenvalue weighted by atomic mass is 15.2. The summed E-state index contributed by atoms with van der Waals surface area (Å²) in [5.41, 5.74) is 9.86. The van der Waals surface area contributed by atoms with E-state index < -0.39 is 0 Å². The summed E-state index contributed by atoms with van der Waals surface area (Å²) >= 11 is 0. The molecule has 20 heavy (non-hydrogen) atoms. The molecular formula is C17H21N3. The van der Waals surface area contributed by atoms with Crippen LogP contribution in [0, 0.1) is 0 Å². The van der Waals surface area contributed by atoms with Crippen LogP contribution in [-0.4, -0.2) is 11.5 Å². The first kappa shape index (κ1) is 13.1. The summed E-state index contributed by atoms with van der Waals surface area (Å²) in [6, 6.07) is 12.9. The highest BCUT2D eigenvalue weighted by molar-refractivity contribution is 5.43. The van der Waals surface area contributed by atoms with Gasteiger partial charge in [-0.05, 0) is 42.5 Å². The molecule has 0 unspecified atom stereocenters. The zero-order valence-electron chi connectivity index (χ0n) is 11.9. The molecule has 104 valence electrons. The lowest BCUT2D eigenvalue weighted by Gasteiger charge is -2.22. The molecule has 2 aromatic rings. The molecule has 1 atom stereocenters. The number of pyridine rings is 1. The Morgan fingerprint density at radius 1 is 1.15 bits per heavy atom. The molecule has 0 spiro atoms. The number of aryl methyl sites for hydroxylation is 1. The Hall–Kier alpha value is -1.87. The standard InChI is InChI=1S/C17H21N3/c1-13(18)15-8-9-17(19-11-15)20-10-4-7-14-5-2-3-6-16(14)12-20/h2-3,5-6,8-9,11,13H,4,7,10,12,18H2,1H3/t13-/m0/s1. The van der Waals surface area contributed by atoms with Gasteiger partial charge < -0.3 is 10.6 Å². The highest BCUT2D eigenvalue weighted by Gasteiger charge is 2.15. The molecule has 0 saturated carbocycles. The van der Waals surface area contributed by atoms with Gasteiger partial charge in [-0.2, -0.15) is 0 Å². The number of hydrogen-bond donors (Lipinski definition) is 1. The van der Waals surface area contributed by atoms with E-state index in [1.54, 1.807) is 0 Å². The Balaban J connectivity index is 1.84. The fourth-order valence-corrected chi connectivity index (χ4v) is 2.75. The first-order valence-corrected chi connectivity index (χ1v) is 7.27. The summed E-state index contributed by atoms with van der Waals surface area (Å²) < 4.78 is 0. The second kappa shape index (κ2) is 5.63. The molecule has 0 aliphatic carbocycles. The maximum Gasteiger partial charge on any atom is 0.128 e. The molecule has 0 saturated heterocycles. The van der Waals surface area contributed by atoms with Crippen LogP contribution in [0.2, 0.25) is 0 Å². The maximum absolute atomic E-state index is 5.88. The van der Waals surface area contributed by atoms with Gasteiger partial charge >= 0.3 is 0 Å². The van der Waals surface area contributed by atoms with Crippen LogP contribution in [0.4, 0.5) is 5.82 Å². The van der Waals surface area contributed by atoms with Crippen molar-refractivity contribution in [1.82, 2.24) is 4.98 Å². The number of aromatic nitrogens is 1. The lowest BCUT2D eigenvalue weighted by Crippen LogP contribution is -2.23. The van der Waals surface area contributed by atoms with E-state index >= 15 is 0 Å². The molecule has 1 aromatic heterocycles. The van der Waals surface area contributed by atoms with Crippen molar-refractivity contribution in [3.8, 4) is 0 Å². The smallest absolute Gasteiger partial charge is 0.128 e. The van der Waals surface area contributed by atoms with Crippen LogP contribution in [0.3, 0.4) is 0 Å². The lowest BCUT2D eigenvalue weighted by molar-refractivity contribution is 0.750. The van der Waals surface area contributed by atoms with Crippen LogP contribution in [0.5, 0.6) is 0 Å². The molecule has 0 bridgehead atoms. The van der Waals surface area contributed by atoms with Gasteiger partial charge in [-0.15, -0.1) is 0 Å². The van der Waals surface area contributed by atoms with Crippen LogP contribution in [-0.2, 0) is 13.0 Å². The van der Waals surface area contributed by atoms with E-state index in [0.29, 0.717) is 0 Å². The van der Waals surface area contributed by atoms with Crippen molar-refractivity contribution >= 4 is 5.82 Å². The van der Waals surface area contributed by atoms with Gasteiger partial charge in [-0.3, -0.25) is 0 Å². The molecule has 1 aromatic carbocycles. The van der Waals surface area contributed by atoms with E-state index in [4.69, 9.17) is 5.73 Å². The van der Waals surface area contributed by atoms with Crippen LogP contribution < -0.4 is 10.6 Å². The predicted molar refractivity (Wildman–Crippen MR) is 82.7 cm³/mol. The van der Waals surface area contributed by atoms with Crippen molar-refractivity contribution in [3.63, 3.8) is 0 Å². The first-order chi connectivity index (χ1) is 9.74. The number of benzene rings is 1. The number of hydrogen-bond acceptors (Lipinski definition) is 3. The summed E-state index contributed by atoms with van der Waals surface area (Å²) in [6.07, 6.45) is 4.23. The van der Waals surface area contributed by atoms with E-state index in [9.17, 15) is 0 Å². The zero-order valence-corrected chi connectivity index (χ0v) is 11.9. The molecule has 2 heterocycles. The van der Waals surface area contributed by atoms with E-state index in [1.807, 2.05) is 13.1 Å². The van der Waals surface area contributed by atoms with Crippen molar-refractivity contribution in [3.05, 3.63) is 59.3 Å². The van der Waals surface area contributed by atoms with Gasteiger partial charge in [0.2, 0.25) is 0 Å². The number of nitrogens with zero attached hydrogens (tertiary/aromatic N) is 2. The number of rotatable bonds is 2. The minimum absolute atomic E-state index is 0.0430. The zero-order chi connectivity index (χ0) is 13.9. The molecule has 3 nitrogen and oxygen atoms in total. The molecular weight excluding hydrogens is 246 g/mol. The lowest BCUT2D eigenvalue weighted by atomic mass is 10.0. The fourth-order valence-electron chi connectivity index (χ4n) is 2.75. The van der Waals surface area contributed by atoms with E-state index in [0.717, 1.165) is 30.9 Å². The summed E-state index contributed by atoms with van der Waals surface area (Å²) in [7, 11) is 0. The Kier molecular flexibility index (Phi) is 3.70. The van der Waals surface area contributed by atoms with Gasteiger partial charge in [0.05, 0.1) is 0 Å². The van der Waals surface area contributed by atoms with Crippen molar-refractivity contribution in [1.29, 1.82) is 0 Å². The van der Waals surface area contributed by atoms with Gasteiger partial charge in [0.1, 0.15) is 5.82 Å². The largest absolute Gasteiger partial charge is 0.352 e. The second-order valence-corrected chi connectivity index (χ2v) is 5.53. The highest BCUT2D eigenvalue weighted by Crippen LogP contribution is 2.23. The Morgan fingerprint density at radius 3 is 2.65 bits per heavy atom. The number of anilines is 1. The quantitative estimate of drug-likeness (QED) is 0.909. The van der Waals surface area contributed by atoms with Crippen molar-refractivity contribution < 1.29 is 0 Å². The molecule has 1 aliphatic rings. The third-order valence-corrected chi connectivity index (χ3v) is 3.97. The Labute approximate surface area is 120 Å². The summed E-state index contributed by atoms with van der Waals surface area (Å²) in [5.74, 6) is 1.05. The van der Waals surface area contributed by atoms with Crippen LogP contribution in [0.1, 0.15) is 36.1 Å². The first-order valence-electron chi connectivity index (χ1n) is 7.27. The summed E-state index contributed by atoms with van der Waals surface area (Å²) in [5, 5.41) is 0. The minimum Gasteiger partial charge on any atom is -0.352 e. The monoisotopic (exact) mass is 267 g/mol. The minimum atomic E-state index is 0.0430. The third kappa shape index (κ3) is 2.68. The van der Waals surface area contributed by atoms with Crippen molar-refractivity contribution in [2.24, 2.45) is 5.73 Å². The molecule has 0 radical (unpaired) electrons. The fraction of sp³-hybridized carbons (Fsp3) is 0.353. The van der Waals surface area contributed by atoms with Gasteiger partial charge in [-0.25, -0.2) is 4.98 Å². The topological polar surface area (TPSA) is 42.1 Å². The van der Waals surface area contributed by atoms with Crippen LogP contribution in [0.25, 0.3) is 0 Å². The molecule has 1 aliphatic heterocycles. The van der Waals surface area contributed by atoms with Gasteiger partial charge in [0.15, 0.2) is 0 Å². The van der Waals surface area contributed by atoms with E-state index in [1.165, 1.54) is 17.5 Å². The van der Waals surface area contributed by atoms with Gasteiger partial charge in [0, 0.05) is 25.3 Å². The molecule has 3 rings (SSSR count). The normalized spacial score (nSPS) is 16.4. The van der Waals surface area contributed by atoms with Crippen molar-refractivity contribution in [2.75, 3.05) is 11.4 Å². The van der Waals surface area contributed by atoms with Crippen LogP contribution >= 0.6 is 0 Å². The molecule has 0 amide bonds. The van der Waals surface area contributed by atoms with Crippen molar-refractivity contribution in [2.45, 2.75) is 32.4 Å². The maximum atomic E-state index is 5.88. The molecule has 3 heteroatoms. The number of nitrogens with two attached hydrogens (primary N) is 1. The Bertz CT molecular complexity index is 575. The summed E-state index contributed by atoms with van der Waals surface area (Å²) in [4.78, 5) is 6.94. The average Bonchev–Trinajstić information content (AvgIpc) is 2.69. The van der Waals surface area contributed by atoms with Gasteiger partial charge in [0.25, 0.3) is 0 Å². The molecule has 2 N–H and O–H groups in total. The van der Waals surface area contributed by atoms with E-state index in [2.05, 4.69) is 46.3 Å². The second-order valence-electron chi connectivity index (χ2n) is 5.53. The Morgan fingerprint density at radius 2 is 1.95 bits per heavy atom. The summed E-state index contributed by atoms with van der Waals surface area (Å²) in [6.45, 7) is 3.98. The van der Waals surface area contributed by atoms with E-state index in [-0.39, 0.29) is 6.04 Å². The third-order valence-electron chi connectivity index (χ3n) is 3.97. The predicted octanol–water partition coefficient (Wildman–Crippen LogP) is 3.05. The average molecular weight is 267 g/mol. The van der Waals surface area contributed by atoms with Gasteiger partial charge in [-0.1, -0.05) is 30.3 Å². The molecule has 0 fully saturated rings. The van der Waals surface area contributed by atoms with Crippen LogP contribution in [0.15, 0.2) is 42.6 Å². The number of fused-ring (bicyclic) bond motifs is 1. The SMILES string of the molecule is C[C@H](N)c1ccc(N2CCCc3ccccc3C2)nc1.